The molecule has 0 aliphatic carbocycles. The van der Waals surface area contributed by atoms with E-state index in [1.165, 1.54) is 12.1 Å². The Hall–Kier alpha value is -2.65. The first kappa shape index (κ1) is 22.6. The predicted octanol–water partition coefficient (Wildman–Crippen LogP) is 1.67. The van der Waals surface area contributed by atoms with Crippen molar-refractivity contribution in [1.82, 2.24) is 4.47 Å². The summed E-state index contributed by atoms with van der Waals surface area (Å²) in [5.74, 6) is -0.746. The molecular formula is C17H19ClN4O6S. The van der Waals surface area contributed by atoms with Crippen LogP contribution >= 0.6 is 11.6 Å². The highest BCUT2D eigenvalue weighted by Gasteiger charge is 2.30. The standard InChI is InChI=1S/C17H19ClN4O6S/c1-4-9(7-8-19)20-12-13(16(25)15(12)24)21-11-6-5-10(18)17(14(11)23)29(26,27)22(2)28-3/h5-6,9,20-21,23H,4,7H2,1-3H3/t9-/m1/s1. The Bertz CT molecular complexity index is 1130. The molecule has 0 bridgehead atoms. The summed E-state index contributed by atoms with van der Waals surface area (Å²) >= 11 is 5.95. The summed E-state index contributed by atoms with van der Waals surface area (Å²) in [6.07, 6.45) is 0.649. The molecule has 0 unspecified atom stereocenters. The number of halogens is 1. The van der Waals surface area contributed by atoms with Crippen LogP contribution in [0.2, 0.25) is 5.02 Å². The number of aromatic hydroxyl groups is 1. The summed E-state index contributed by atoms with van der Waals surface area (Å²) in [6.45, 7) is 1.81. The van der Waals surface area contributed by atoms with Crippen LogP contribution in [-0.4, -0.2) is 38.2 Å². The molecular weight excluding hydrogens is 424 g/mol. The maximum atomic E-state index is 12.5. The number of hydrogen-bond donors (Lipinski definition) is 3. The minimum atomic E-state index is -4.30. The SMILES string of the molecule is CC[C@H](CC#N)Nc1c(Nc2ccc(Cl)c(S(=O)(=O)N(C)OC)c2O)c(=O)c1=O. The van der Waals surface area contributed by atoms with Crippen molar-refractivity contribution in [2.75, 3.05) is 24.8 Å². The lowest BCUT2D eigenvalue weighted by atomic mass is 10.1. The molecule has 0 aliphatic heterocycles. The fraction of sp³-hybridized carbons (Fsp3) is 0.353. The van der Waals surface area contributed by atoms with Crippen LogP contribution in [0, 0.1) is 11.3 Å². The average Bonchev–Trinajstić information content (AvgIpc) is 2.69. The van der Waals surface area contributed by atoms with Crippen LogP contribution in [0.25, 0.3) is 0 Å². The van der Waals surface area contributed by atoms with E-state index < -0.39 is 31.5 Å². The van der Waals surface area contributed by atoms with E-state index in [4.69, 9.17) is 16.9 Å². The molecule has 0 amide bonds. The van der Waals surface area contributed by atoms with Crippen molar-refractivity contribution in [1.29, 1.82) is 5.26 Å². The van der Waals surface area contributed by atoms with E-state index in [0.29, 0.717) is 10.9 Å². The van der Waals surface area contributed by atoms with Crippen molar-refractivity contribution in [2.45, 2.75) is 30.7 Å². The Kier molecular flexibility index (Phi) is 6.86. The molecule has 0 radical (unpaired) electrons. The van der Waals surface area contributed by atoms with Gasteiger partial charge in [-0.2, -0.15) is 5.26 Å². The number of nitrogens with one attached hydrogen (secondary N) is 2. The van der Waals surface area contributed by atoms with Crippen LogP contribution in [0.1, 0.15) is 19.8 Å². The van der Waals surface area contributed by atoms with Crippen molar-refractivity contribution in [3.8, 4) is 11.8 Å². The van der Waals surface area contributed by atoms with Gasteiger partial charge in [-0.15, -0.1) is 0 Å². The second-order valence-electron chi connectivity index (χ2n) is 6.01. The fourth-order valence-electron chi connectivity index (χ4n) is 2.51. The molecule has 0 saturated carbocycles. The molecule has 1 atom stereocenters. The minimum absolute atomic E-state index is 0.0372. The van der Waals surface area contributed by atoms with Gasteiger partial charge in [0.2, 0.25) is 0 Å². The Morgan fingerprint density at radius 3 is 2.48 bits per heavy atom. The third-order valence-electron chi connectivity index (χ3n) is 4.29. The van der Waals surface area contributed by atoms with Crippen LogP contribution in [0.4, 0.5) is 17.1 Å². The van der Waals surface area contributed by atoms with Crippen LogP contribution < -0.4 is 21.5 Å². The molecule has 12 heteroatoms. The quantitative estimate of drug-likeness (QED) is 0.299. The van der Waals surface area contributed by atoms with Crippen molar-refractivity contribution in [3.63, 3.8) is 0 Å². The van der Waals surface area contributed by atoms with Crippen molar-refractivity contribution in [3.05, 3.63) is 37.6 Å². The van der Waals surface area contributed by atoms with E-state index in [1.54, 1.807) is 0 Å². The summed E-state index contributed by atoms with van der Waals surface area (Å²) in [6, 6.07) is 4.10. The Labute approximate surface area is 172 Å². The van der Waals surface area contributed by atoms with Gasteiger partial charge in [-0.1, -0.05) is 23.0 Å². The molecule has 2 aromatic carbocycles. The number of nitrogens with zero attached hydrogens (tertiary/aromatic N) is 2. The largest absolute Gasteiger partial charge is 0.504 e. The fourth-order valence-corrected chi connectivity index (χ4v) is 4.08. The summed E-state index contributed by atoms with van der Waals surface area (Å²) in [5.41, 5.74) is -1.95. The van der Waals surface area contributed by atoms with Gasteiger partial charge in [-0.25, -0.2) is 8.42 Å². The molecule has 10 nitrogen and oxygen atoms in total. The van der Waals surface area contributed by atoms with E-state index in [-0.39, 0.29) is 34.5 Å². The Morgan fingerprint density at radius 1 is 1.31 bits per heavy atom. The molecule has 0 heterocycles. The summed E-state index contributed by atoms with van der Waals surface area (Å²) in [5, 5.41) is 24.5. The normalized spacial score (nSPS) is 12.7. The van der Waals surface area contributed by atoms with Gasteiger partial charge in [-0.05, 0) is 18.6 Å². The number of nitriles is 1. The second kappa shape index (κ2) is 8.79. The number of hydrogen-bond acceptors (Lipinski definition) is 9. The number of rotatable bonds is 9. The van der Waals surface area contributed by atoms with Gasteiger partial charge < -0.3 is 15.7 Å². The van der Waals surface area contributed by atoms with E-state index in [2.05, 4.69) is 15.5 Å². The molecule has 3 N–H and O–H groups in total. The molecule has 0 saturated heterocycles. The number of anilines is 3. The van der Waals surface area contributed by atoms with Crippen LogP contribution in [0.5, 0.6) is 5.75 Å². The molecule has 0 aromatic heterocycles. The molecule has 29 heavy (non-hydrogen) atoms. The third-order valence-corrected chi connectivity index (χ3v) is 6.47. The van der Waals surface area contributed by atoms with E-state index in [9.17, 15) is 23.1 Å². The first-order chi connectivity index (χ1) is 13.6. The van der Waals surface area contributed by atoms with Gasteiger partial charge in [0.05, 0.1) is 30.3 Å². The Morgan fingerprint density at radius 2 is 1.93 bits per heavy atom. The zero-order valence-electron chi connectivity index (χ0n) is 15.8. The van der Waals surface area contributed by atoms with Crippen LogP contribution in [0.3, 0.4) is 0 Å². The lowest BCUT2D eigenvalue weighted by Crippen LogP contribution is -2.39. The van der Waals surface area contributed by atoms with Gasteiger partial charge >= 0.3 is 0 Å². The van der Waals surface area contributed by atoms with Crippen LogP contribution in [-0.2, 0) is 14.9 Å². The highest BCUT2D eigenvalue weighted by molar-refractivity contribution is 7.89. The van der Waals surface area contributed by atoms with E-state index in [0.717, 1.165) is 14.2 Å². The highest BCUT2D eigenvalue weighted by atomic mass is 35.5. The molecule has 0 spiro atoms. The molecule has 2 aromatic rings. The average molecular weight is 443 g/mol. The monoisotopic (exact) mass is 442 g/mol. The lowest BCUT2D eigenvalue weighted by molar-refractivity contribution is -0.0259. The van der Waals surface area contributed by atoms with Gasteiger partial charge in [0, 0.05) is 13.1 Å². The summed E-state index contributed by atoms with van der Waals surface area (Å²) in [7, 11) is -2.06. The van der Waals surface area contributed by atoms with Gasteiger partial charge in [0.15, 0.2) is 5.75 Å². The maximum Gasteiger partial charge on any atom is 0.269 e. The van der Waals surface area contributed by atoms with Crippen molar-refractivity contribution >= 4 is 38.7 Å². The smallest absolute Gasteiger partial charge is 0.269 e. The van der Waals surface area contributed by atoms with Gasteiger partial charge in [0.1, 0.15) is 16.3 Å². The summed E-state index contributed by atoms with van der Waals surface area (Å²) < 4.78 is 25.5. The number of hydroxylamine groups is 1. The predicted molar refractivity (Wildman–Crippen MR) is 108 cm³/mol. The number of phenols is 1. The minimum Gasteiger partial charge on any atom is -0.504 e. The van der Waals surface area contributed by atoms with Crippen LogP contribution in [0.15, 0.2) is 26.6 Å². The van der Waals surface area contributed by atoms with E-state index in [1.807, 2.05) is 13.0 Å². The number of benzene rings is 1. The van der Waals surface area contributed by atoms with Gasteiger partial charge in [0.25, 0.3) is 20.9 Å². The maximum absolute atomic E-state index is 12.5. The zero-order chi connectivity index (χ0) is 21.9. The zero-order valence-corrected chi connectivity index (χ0v) is 17.4. The second-order valence-corrected chi connectivity index (χ2v) is 8.29. The first-order valence-corrected chi connectivity index (χ1v) is 10.2. The third kappa shape index (κ3) is 4.20. The molecule has 0 fully saturated rings. The van der Waals surface area contributed by atoms with Crippen molar-refractivity contribution in [2.24, 2.45) is 0 Å². The Balaban J connectivity index is 2.47. The highest BCUT2D eigenvalue weighted by Crippen LogP contribution is 2.39. The van der Waals surface area contributed by atoms with E-state index >= 15 is 0 Å². The first-order valence-electron chi connectivity index (χ1n) is 8.38. The molecule has 0 aliphatic rings. The number of sulfonamides is 1. The van der Waals surface area contributed by atoms with Crippen molar-refractivity contribution < 1.29 is 18.4 Å². The van der Waals surface area contributed by atoms with Gasteiger partial charge in [-0.3, -0.25) is 14.4 Å². The molecule has 2 rings (SSSR count). The summed E-state index contributed by atoms with van der Waals surface area (Å²) in [4.78, 5) is 27.9. The lowest BCUT2D eigenvalue weighted by Gasteiger charge is -2.21. The number of phenolic OH excluding ortho intramolecular Hbond substituents is 1. The molecule has 156 valence electrons. The topological polar surface area (TPSA) is 149 Å².